The predicted octanol–water partition coefficient (Wildman–Crippen LogP) is 2.70. The molecule has 2 aromatic heterocycles. The molecule has 0 bridgehead atoms. The van der Waals surface area contributed by atoms with Crippen LogP contribution in [-0.2, 0) is 11.8 Å². The number of aromatic nitrogens is 4. The minimum Gasteiger partial charge on any atom is -0.383 e. The number of benzene rings is 1. The van der Waals surface area contributed by atoms with Crippen LogP contribution in [0.4, 0.5) is 19.4 Å². The second-order valence-corrected chi connectivity index (χ2v) is 8.32. The number of amides is 2. The molecular weight excluding hydrogens is 444 g/mol. The van der Waals surface area contributed by atoms with E-state index in [1.54, 1.807) is 43.4 Å². The third kappa shape index (κ3) is 5.37. The summed E-state index contributed by atoms with van der Waals surface area (Å²) in [6.45, 7) is 4.18. The van der Waals surface area contributed by atoms with Gasteiger partial charge in [-0.1, -0.05) is 6.07 Å². The average molecular weight is 472 g/mol. The van der Waals surface area contributed by atoms with Gasteiger partial charge >= 0.3 is 6.03 Å². The van der Waals surface area contributed by atoms with E-state index in [9.17, 15) is 13.6 Å². The molecule has 0 radical (unpaired) electrons. The number of anilines is 1. The highest BCUT2D eigenvalue weighted by Crippen LogP contribution is 2.29. The molecule has 1 aliphatic rings. The summed E-state index contributed by atoms with van der Waals surface area (Å²) < 4.78 is 34.1. The first-order chi connectivity index (χ1) is 16.3. The minimum absolute atomic E-state index is 0.206. The molecule has 0 saturated carbocycles. The molecule has 2 N–H and O–H groups in total. The molecule has 1 aliphatic heterocycles. The van der Waals surface area contributed by atoms with Crippen LogP contribution in [0.15, 0.2) is 36.7 Å². The fourth-order valence-corrected chi connectivity index (χ4v) is 4.07. The number of urea groups is 1. The highest BCUT2D eigenvalue weighted by Gasteiger charge is 2.35. The van der Waals surface area contributed by atoms with Crippen molar-refractivity contribution in [2.24, 2.45) is 7.05 Å². The Bertz CT molecular complexity index is 1150. The molecule has 2 atom stereocenters. The van der Waals surface area contributed by atoms with Gasteiger partial charge in [-0.3, -0.25) is 24.9 Å². The Morgan fingerprint density at radius 2 is 1.97 bits per heavy atom. The number of carbonyl (C=O) groups is 1. The van der Waals surface area contributed by atoms with Crippen LogP contribution >= 0.6 is 0 Å². The zero-order valence-corrected chi connectivity index (χ0v) is 19.3. The van der Waals surface area contributed by atoms with Crippen LogP contribution in [0.25, 0.3) is 11.4 Å². The molecule has 180 valence electrons. The van der Waals surface area contributed by atoms with Crippen molar-refractivity contribution in [1.82, 2.24) is 30.0 Å². The summed E-state index contributed by atoms with van der Waals surface area (Å²) >= 11 is 0. The van der Waals surface area contributed by atoms with Crippen LogP contribution in [0.3, 0.4) is 0 Å². The molecule has 34 heavy (non-hydrogen) atoms. The largest absolute Gasteiger partial charge is 0.383 e. The highest BCUT2D eigenvalue weighted by atomic mass is 19.2. The van der Waals surface area contributed by atoms with Crippen molar-refractivity contribution < 1.29 is 18.3 Å². The summed E-state index contributed by atoms with van der Waals surface area (Å²) in [6.07, 6.45) is 3.28. The number of methoxy groups -OCH3 is 1. The Balaban J connectivity index is 1.47. The lowest BCUT2D eigenvalue weighted by molar-refractivity contribution is 0.159. The molecular formula is C23H27F2N7O2. The maximum atomic E-state index is 13.9. The van der Waals surface area contributed by atoms with Crippen molar-refractivity contribution in [2.75, 3.05) is 38.7 Å². The van der Waals surface area contributed by atoms with Crippen molar-refractivity contribution in [1.29, 1.82) is 0 Å². The van der Waals surface area contributed by atoms with E-state index < -0.39 is 17.7 Å². The minimum atomic E-state index is -0.905. The molecule has 2 amide bonds. The van der Waals surface area contributed by atoms with Gasteiger partial charge in [-0.2, -0.15) is 5.10 Å². The van der Waals surface area contributed by atoms with Gasteiger partial charge in [-0.25, -0.2) is 13.6 Å². The van der Waals surface area contributed by atoms with Crippen LogP contribution in [0, 0.1) is 18.6 Å². The molecule has 1 fully saturated rings. The number of nitrogens with zero attached hydrogens (tertiary/aromatic N) is 5. The van der Waals surface area contributed by atoms with Crippen molar-refractivity contribution in [3.8, 4) is 11.4 Å². The van der Waals surface area contributed by atoms with Gasteiger partial charge in [0.05, 0.1) is 24.5 Å². The van der Waals surface area contributed by atoms with Crippen molar-refractivity contribution in [3.63, 3.8) is 0 Å². The Morgan fingerprint density at radius 3 is 2.68 bits per heavy atom. The number of halogens is 2. The molecule has 9 nitrogen and oxygen atoms in total. The molecule has 1 aromatic carbocycles. The number of nitrogens with one attached hydrogen (secondary N) is 2. The zero-order valence-electron chi connectivity index (χ0n) is 19.3. The van der Waals surface area contributed by atoms with E-state index in [1.807, 2.05) is 6.92 Å². The van der Waals surface area contributed by atoms with Crippen LogP contribution in [0.1, 0.15) is 17.2 Å². The maximum absolute atomic E-state index is 13.9. The van der Waals surface area contributed by atoms with Gasteiger partial charge in [-0.15, -0.1) is 0 Å². The van der Waals surface area contributed by atoms with Crippen molar-refractivity contribution in [3.05, 3.63) is 59.6 Å². The fourth-order valence-electron chi connectivity index (χ4n) is 4.07. The van der Waals surface area contributed by atoms with Gasteiger partial charge in [0.1, 0.15) is 17.2 Å². The first-order valence-corrected chi connectivity index (χ1v) is 10.9. The van der Waals surface area contributed by atoms with E-state index in [2.05, 4.69) is 30.6 Å². The standard InChI is InChI=1S/C23H27F2N7O2/c1-14-10-27-20(11-26-14)19-9-22(31(2)30-19)29-23(33)28-21-13-32(6-7-34-3)12-16(21)15-4-5-17(24)18(25)8-15/h4-5,8-11,16,21H,6-7,12-13H2,1-3H3,(H2,28,29,33)/t16-,21+/m0/s1. The predicted molar refractivity (Wildman–Crippen MR) is 122 cm³/mol. The summed E-state index contributed by atoms with van der Waals surface area (Å²) in [5.74, 6) is -1.53. The lowest BCUT2D eigenvalue weighted by Crippen LogP contribution is -2.42. The van der Waals surface area contributed by atoms with E-state index >= 15 is 0 Å². The molecule has 0 spiro atoms. The summed E-state index contributed by atoms with van der Waals surface area (Å²) in [5.41, 5.74) is 2.60. The van der Waals surface area contributed by atoms with Gasteiger partial charge in [0, 0.05) is 52.0 Å². The number of carbonyl (C=O) groups excluding carboxylic acids is 1. The summed E-state index contributed by atoms with van der Waals surface area (Å²) in [5, 5.41) is 10.2. The Kier molecular flexibility index (Phi) is 7.13. The summed E-state index contributed by atoms with van der Waals surface area (Å²) in [6, 6.07) is 4.86. The van der Waals surface area contributed by atoms with E-state index in [1.165, 1.54) is 6.07 Å². The van der Waals surface area contributed by atoms with Crippen molar-refractivity contribution in [2.45, 2.75) is 18.9 Å². The second kappa shape index (κ2) is 10.2. The van der Waals surface area contributed by atoms with Crippen molar-refractivity contribution >= 4 is 11.8 Å². The van der Waals surface area contributed by atoms with Crippen LogP contribution in [0.2, 0.25) is 0 Å². The molecule has 1 saturated heterocycles. The number of rotatable bonds is 7. The van der Waals surface area contributed by atoms with E-state index in [-0.39, 0.29) is 12.0 Å². The molecule has 0 unspecified atom stereocenters. The quantitative estimate of drug-likeness (QED) is 0.550. The van der Waals surface area contributed by atoms with Gasteiger partial charge in [0.25, 0.3) is 0 Å². The summed E-state index contributed by atoms with van der Waals surface area (Å²) in [4.78, 5) is 23.5. The first-order valence-electron chi connectivity index (χ1n) is 10.9. The number of hydrogen-bond donors (Lipinski definition) is 2. The van der Waals surface area contributed by atoms with Crippen LogP contribution < -0.4 is 10.6 Å². The third-order valence-corrected chi connectivity index (χ3v) is 5.86. The highest BCUT2D eigenvalue weighted by molar-refractivity contribution is 5.89. The Hall–Kier alpha value is -3.44. The molecule has 4 rings (SSSR count). The first kappa shape index (κ1) is 23.7. The lowest BCUT2D eigenvalue weighted by atomic mass is 9.94. The van der Waals surface area contributed by atoms with E-state index in [0.717, 1.165) is 11.8 Å². The van der Waals surface area contributed by atoms with Crippen LogP contribution in [-0.4, -0.2) is 70.1 Å². The molecule has 3 aromatic rings. The number of aryl methyl sites for hydroxylation is 2. The molecule has 11 heteroatoms. The monoisotopic (exact) mass is 471 g/mol. The normalized spacial score (nSPS) is 18.3. The number of likely N-dealkylation sites (tertiary alicyclic amines) is 1. The topological polar surface area (TPSA) is 97.2 Å². The van der Waals surface area contributed by atoms with E-state index in [4.69, 9.17) is 4.74 Å². The Labute approximate surface area is 196 Å². The number of ether oxygens (including phenoxy) is 1. The summed E-state index contributed by atoms with van der Waals surface area (Å²) in [7, 11) is 3.34. The average Bonchev–Trinajstić information content (AvgIpc) is 3.37. The Morgan fingerprint density at radius 1 is 1.15 bits per heavy atom. The van der Waals surface area contributed by atoms with Crippen LogP contribution in [0.5, 0.6) is 0 Å². The fraction of sp³-hybridized carbons (Fsp3) is 0.391. The maximum Gasteiger partial charge on any atom is 0.320 e. The third-order valence-electron chi connectivity index (χ3n) is 5.86. The lowest BCUT2D eigenvalue weighted by Gasteiger charge is -2.20. The van der Waals surface area contributed by atoms with Gasteiger partial charge < -0.3 is 10.1 Å². The van der Waals surface area contributed by atoms with Gasteiger partial charge in [-0.05, 0) is 24.6 Å². The van der Waals surface area contributed by atoms with Gasteiger partial charge in [0.2, 0.25) is 0 Å². The van der Waals surface area contributed by atoms with Gasteiger partial charge in [0.15, 0.2) is 11.6 Å². The van der Waals surface area contributed by atoms with E-state index in [0.29, 0.717) is 49.0 Å². The molecule has 0 aliphatic carbocycles. The number of hydrogen-bond acceptors (Lipinski definition) is 6. The SMILES string of the molecule is COCCN1C[C@@H](NC(=O)Nc2cc(-c3cnc(C)cn3)nn2C)[C@H](c2ccc(F)c(F)c2)C1. The smallest absolute Gasteiger partial charge is 0.320 e. The zero-order chi connectivity index (χ0) is 24.2. The molecule has 3 heterocycles. The second-order valence-electron chi connectivity index (χ2n) is 8.32.